The second kappa shape index (κ2) is 12.8. The van der Waals surface area contributed by atoms with E-state index in [1.54, 1.807) is 0 Å². The fourth-order valence-electron chi connectivity index (χ4n) is 1.51. The molecular formula is C16H32Br2N2O4. The van der Waals surface area contributed by atoms with Gasteiger partial charge in [0, 0.05) is 29.3 Å². The molecule has 0 radical (unpaired) electrons. The molecule has 2 amide bonds. The number of alkyl halides is 2. The molecule has 144 valence electrons. The zero-order valence-corrected chi connectivity index (χ0v) is 18.8. The van der Waals surface area contributed by atoms with Crippen LogP contribution in [0.15, 0.2) is 0 Å². The van der Waals surface area contributed by atoms with Crippen molar-refractivity contribution in [1.29, 1.82) is 0 Å². The second-order valence-corrected chi connectivity index (χ2v) is 8.70. The van der Waals surface area contributed by atoms with Crippen LogP contribution in [-0.2, 0) is 4.74 Å². The van der Waals surface area contributed by atoms with Crippen LogP contribution >= 0.6 is 31.9 Å². The van der Waals surface area contributed by atoms with E-state index in [-0.39, 0.29) is 11.6 Å². The van der Waals surface area contributed by atoms with E-state index in [9.17, 15) is 9.59 Å². The molecule has 0 aliphatic carbocycles. The van der Waals surface area contributed by atoms with Gasteiger partial charge < -0.3 is 20.1 Å². The highest BCUT2D eigenvalue weighted by Crippen LogP contribution is 2.13. The normalized spacial score (nSPS) is 11.2. The van der Waals surface area contributed by atoms with Gasteiger partial charge in [0.2, 0.25) is 0 Å². The van der Waals surface area contributed by atoms with Crippen molar-refractivity contribution in [2.75, 3.05) is 23.7 Å². The first-order valence-corrected chi connectivity index (χ1v) is 10.2. The number of carbonyl (C=O) groups is 2. The van der Waals surface area contributed by atoms with E-state index in [0.29, 0.717) is 13.1 Å². The summed E-state index contributed by atoms with van der Waals surface area (Å²) in [4.78, 5) is 23.2. The van der Waals surface area contributed by atoms with Crippen LogP contribution in [-0.4, -0.2) is 57.1 Å². The molecule has 0 unspecified atom stereocenters. The number of hydrogen-bond acceptors (Lipinski definition) is 3. The number of hydrogen-bond donors (Lipinski definition) is 2. The standard InChI is InChI=1S/2C8H16BrNO2/c1-8(2,3)12-7(11)10-6-4-5-9;1-8(2,3)10(7(11)12)6-4-5-9/h4-6H2,1-3H3,(H,10,11);4-6H2,1-3H3,(H,11,12). The summed E-state index contributed by atoms with van der Waals surface area (Å²) >= 11 is 6.54. The molecule has 8 heteroatoms. The lowest BCUT2D eigenvalue weighted by Gasteiger charge is -2.32. The third-order valence-corrected chi connectivity index (χ3v) is 3.66. The van der Waals surface area contributed by atoms with Crippen molar-refractivity contribution >= 4 is 44.0 Å². The number of rotatable bonds is 6. The summed E-state index contributed by atoms with van der Waals surface area (Å²) in [5.74, 6) is 0. The van der Waals surface area contributed by atoms with E-state index in [1.165, 1.54) is 4.90 Å². The fraction of sp³-hybridized carbons (Fsp3) is 0.875. The van der Waals surface area contributed by atoms with Crippen LogP contribution < -0.4 is 5.32 Å². The van der Waals surface area contributed by atoms with Gasteiger partial charge in [0.05, 0.1) is 0 Å². The van der Waals surface area contributed by atoms with Crippen molar-refractivity contribution in [2.24, 2.45) is 0 Å². The van der Waals surface area contributed by atoms with Crippen molar-refractivity contribution in [2.45, 2.75) is 65.5 Å². The van der Waals surface area contributed by atoms with Gasteiger partial charge in [0.25, 0.3) is 0 Å². The van der Waals surface area contributed by atoms with Gasteiger partial charge in [-0.3, -0.25) is 0 Å². The topological polar surface area (TPSA) is 78.9 Å². The summed E-state index contributed by atoms with van der Waals surface area (Å²) in [6.45, 7) is 12.5. The van der Waals surface area contributed by atoms with Crippen LogP contribution in [0, 0.1) is 0 Å². The molecule has 0 bridgehead atoms. The van der Waals surface area contributed by atoms with Crippen molar-refractivity contribution < 1.29 is 19.4 Å². The zero-order chi connectivity index (χ0) is 19.4. The summed E-state index contributed by atoms with van der Waals surface area (Å²) in [6, 6.07) is 0. The van der Waals surface area contributed by atoms with Gasteiger partial charge in [-0.25, -0.2) is 9.59 Å². The lowest BCUT2D eigenvalue weighted by molar-refractivity contribution is 0.0528. The number of amides is 2. The van der Waals surface area contributed by atoms with Gasteiger partial charge in [0.15, 0.2) is 0 Å². The number of ether oxygens (including phenoxy) is 1. The number of halogens is 2. The summed E-state index contributed by atoms with van der Waals surface area (Å²) in [7, 11) is 0. The molecule has 0 rings (SSSR count). The highest BCUT2D eigenvalue weighted by atomic mass is 79.9. The highest BCUT2D eigenvalue weighted by Gasteiger charge is 2.24. The van der Waals surface area contributed by atoms with Crippen molar-refractivity contribution in [1.82, 2.24) is 10.2 Å². The second-order valence-electron chi connectivity index (χ2n) is 7.12. The summed E-state index contributed by atoms with van der Waals surface area (Å²) in [5, 5.41) is 13.2. The number of nitrogens with zero attached hydrogens (tertiary/aromatic N) is 1. The lowest BCUT2D eigenvalue weighted by atomic mass is 10.1. The molecule has 0 atom stereocenters. The van der Waals surface area contributed by atoms with Crippen LogP contribution in [0.2, 0.25) is 0 Å². The maximum Gasteiger partial charge on any atom is 0.407 e. The molecule has 0 heterocycles. The van der Waals surface area contributed by atoms with Crippen molar-refractivity contribution in [3.63, 3.8) is 0 Å². The largest absolute Gasteiger partial charge is 0.465 e. The number of nitrogens with one attached hydrogen (secondary N) is 1. The SMILES string of the molecule is CC(C)(C)N(CCCBr)C(=O)O.CC(C)(C)OC(=O)NCCCBr. The molecule has 0 aliphatic rings. The van der Waals surface area contributed by atoms with Crippen LogP contribution in [0.1, 0.15) is 54.4 Å². The average Bonchev–Trinajstić information content (AvgIpc) is 2.36. The number of carbonyl (C=O) groups excluding carboxylic acids is 1. The van der Waals surface area contributed by atoms with E-state index in [2.05, 4.69) is 37.2 Å². The van der Waals surface area contributed by atoms with Gasteiger partial charge in [-0.1, -0.05) is 31.9 Å². The molecule has 0 aromatic rings. The molecule has 2 N–H and O–H groups in total. The third kappa shape index (κ3) is 16.4. The Bertz CT molecular complexity index is 364. The minimum Gasteiger partial charge on any atom is -0.465 e. The van der Waals surface area contributed by atoms with Gasteiger partial charge in [0.1, 0.15) is 5.60 Å². The van der Waals surface area contributed by atoms with E-state index < -0.39 is 11.7 Å². The Morgan fingerprint density at radius 2 is 1.54 bits per heavy atom. The van der Waals surface area contributed by atoms with E-state index in [4.69, 9.17) is 9.84 Å². The van der Waals surface area contributed by atoms with Crippen LogP contribution in [0.4, 0.5) is 9.59 Å². The summed E-state index contributed by atoms with van der Waals surface area (Å²) in [5.41, 5.74) is -0.702. The number of carboxylic acid groups (broad SMARTS) is 1. The van der Waals surface area contributed by atoms with Crippen molar-refractivity contribution in [3.8, 4) is 0 Å². The van der Waals surface area contributed by atoms with Crippen LogP contribution in [0.25, 0.3) is 0 Å². The van der Waals surface area contributed by atoms with Crippen LogP contribution in [0.3, 0.4) is 0 Å². The monoisotopic (exact) mass is 474 g/mol. The molecule has 0 saturated carbocycles. The fourth-order valence-corrected chi connectivity index (χ4v) is 2.04. The predicted octanol–water partition coefficient (Wildman–Crippen LogP) is 4.85. The van der Waals surface area contributed by atoms with E-state index in [1.807, 2.05) is 41.5 Å². The van der Waals surface area contributed by atoms with E-state index in [0.717, 1.165) is 23.5 Å². The Morgan fingerprint density at radius 1 is 1.04 bits per heavy atom. The maximum atomic E-state index is 11.0. The Hall–Kier alpha value is -0.500. The molecule has 0 fully saturated rings. The molecule has 0 aromatic carbocycles. The Morgan fingerprint density at radius 3 is 1.88 bits per heavy atom. The minimum absolute atomic E-state index is 0.298. The van der Waals surface area contributed by atoms with Crippen LogP contribution in [0.5, 0.6) is 0 Å². The first-order chi connectivity index (χ1) is 10.8. The van der Waals surface area contributed by atoms with Crippen molar-refractivity contribution in [3.05, 3.63) is 0 Å². The molecular weight excluding hydrogens is 444 g/mol. The quantitative estimate of drug-likeness (QED) is 0.425. The maximum absolute atomic E-state index is 11.0. The predicted molar refractivity (Wildman–Crippen MR) is 106 cm³/mol. The third-order valence-electron chi connectivity index (χ3n) is 2.53. The Kier molecular flexibility index (Phi) is 13.7. The summed E-state index contributed by atoms with van der Waals surface area (Å²) in [6.07, 6.45) is 0.579. The first-order valence-electron chi connectivity index (χ1n) is 7.94. The molecule has 0 spiro atoms. The molecule has 0 aliphatic heterocycles. The molecule has 24 heavy (non-hydrogen) atoms. The van der Waals surface area contributed by atoms with Gasteiger partial charge in [-0.15, -0.1) is 0 Å². The zero-order valence-electron chi connectivity index (χ0n) is 15.6. The molecule has 0 aromatic heterocycles. The Balaban J connectivity index is 0. The summed E-state index contributed by atoms with van der Waals surface area (Å²) < 4.78 is 5.02. The first kappa shape index (κ1) is 25.7. The lowest BCUT2D eigenvalue weighted by Crippen LogP contribution is -2.45. The average molecular weight is 476 g/mol. The highest BCUT2D eigenvalue weighted by molar-refractivity contribution is 9.09. The smallest absolute Gasteiger partial charge is 0.407 e. The Labute approximate surface area is 162 Å². The van der Waals surface area contributed by atoms with E-state index >= 15 is 0 Å². The molecule has 6 nitrogen and oxygen atoms in total. The van der Waals surface area contributed by atoms with Gasteiger partial charge in [-0.05, 0) is 54.4 Å². The molecule has 0 saturated heterocycles. The minimum atomic E-state index is -0.844. The van der Waals surface area contributed by atoms with Gasteiger partial charge in [-0.2, -0.15) is 0 Å². The van der Waals surface area contributed by atoms with Gasteiger partial charge >= 0.3 is 12.2 Å². The number of alkyl carbamates (subject to hydrolysis) is 1.